The van der Waals surface area contributed by atoms with Crippen LogP contribution in [0.4, 0.5) is 0 Å². The van der Waals surface area contributed by atoms with E-state index in [0.717, 1.165) is 21.5 Å². The van der Waals surface area contributed by atoms with Crippen molar-refractivity contribution in [2.24, 2.45) is 0 Å². The summed E-state index contributed by atoms with van der Waals surface area (Å²) in [6.07, 6.45) is 0.170. The Balaban J connectivity index is 1.39. The molecule has 1 N–H and O–H groups in total. The van der Waals surface area contributed by atoms with E-state index in [-0.39, 0.29) is 36.3 Å². The van der Waals surface area contributed by atoms with Gasteiger partial charge in [0.2, 0.25) is 11.8 Å². The van der Waals surface area contributed by atoms with Gasteiger partial charge in [0.1, 0.15) is 23.9 Å². The van der Waals surface area contributed by atoms with Gasteiger partial charge in [-0.3, -0.25) is 29.4 Å². The molecule has 2 aliphatic heterocycles. The number of carbonyl (C=O) groups excluding carboxylic acids is 4. The monoisotopic (exact) mass is 433 g/mol. The lowest BCUT2D eigenvalue weighted by atomic mass is 10.0. The number of nitrogens with zero attached hydrogens (tertiary/aromatic N) is 4. The third kappa shape index (κ3) is 3.11. The van der Waals surface area contributed by atoms with Crippen molar-refractivity contribution in [1.29, 1.82) is 0 Å². The molecule has 162 valence electrons. The maximum Gasteiger partial charge on any atom is 0.266 e. The van der Waals surface area contributed by atoms with Crippen LogP contribution in [-0.2, 0) is 22.7 Å². The number of imide groups is 2. The molecule has 1 atom stereocenters. The summed E-state index contributed by atoms with van der Waals surface area (Å²) in [6, 6.07) is 9.42. The first kappa shape index (κ1) is 19.9. The zero-order valence-corrected chi connectivity index (χ0v) is 17.2. The van der Waals surface area contributed by atoms with E-state index in [1.807, 2.05) is 25.1 Å². The van der Waals surface area contributed by atoms with Gasteiger partial charge in [-0.15, -0.1) is 5.10 Å². The Hall–Kier alpha value is -4.08. The van der Waals surface area contributed by atoms with Crippen LogP contribution in [0.2, 0.25) is 0 Å². The minimum Gasteiger partial charge on any atom is -0.488 e. The first-order chi connectivity index (χ1) is 15.5. The Morgan fingerprint density at radius 3 is 2.75 bits per heavy atom. The molecule has 0 spiro atoms. The highest BCUT2D eigenvalue weighted by molar-refractivity contribution is 6.24. The molecular weight excluding hydrogens is 414 g/mol. The third-order valence-electron chi connectivity index (χ3n) is 5.70. The summed E-state index contributed by atoms with van der Waals surface area (Å²) in [6.45, 7) is 2.85. The number of amides is 4. The molecule has 2 aliphatic rings. The van der Waals surface area contributed by atoms with E-state index in [9.17, 15) is 19.2 Å². The van der Waals surface area contributed by atoms with Crippen molar-refractivity contribution in [1.82, 2.24) is 25.2 Å². The molecule has 5 rings (SSSR count). The Morgan fingerprint density at radius 2 is 1.97 bits per heavy atom. The van der Waals surface area contributed by atoms with E-state index in [4.69, 9.17) is 4.74 Å². The summed E-state index contributed by atoms with van der Waals surface area (Å²) in [7, 11) is 0. The molecule has 1 saturated heterocycles. The van der Waals surface area contributed by atoms with Crippen molar-refractivity contribution < 1.29 is 23.9 Å². The van der Waals surface area contributed by atoms with E-state index >= 15 is 0 Å². The van der Waals surface area contributed by atoms with Gasteiger partial charge in [0.15, 0.2) is 0 Å². The number of hydrogen-bond donors (Lipinski definition) is 1. The van der Waals surface area contributed by atoms with E-state index in [0.29, 0.717) is 6.54 Å². The fraction of sp³-hybridized carbons (Fsp3) is 0.273. The van der Waals surface area contributed by atoms with Gasteiger partial charge in [-0.2, -0.15) is 0 Å². The maximum absolute atomic E-state index is 13.1. The number of rotatable bonds is 5. The predicted molar refractivity (Wildman–Crippen MR) is 111 cm³/mol. The fourth-order valence-corrected chi connectivity index (χ4v) is 4.11. The summed E-state index contributed by atoms with van der Waals surface area (Å²) >= 11 is 0. The number of ether oxygens (including phenoxy) is 1. The lowest BCUT2D eigenvalue weighted by Gasteiger charge is -2.27. The molecular formula is C22H19N5O5. The minimum atomic E-state index is -1.02. The lowest BCUT2D eigenvalue weighted by Crippen LogP contribution is -2.54. The van der Waals surface area contributed by atoms with Crippen molar-refractivity contribution in [3.63, 3.8) is 0 Å². The average molecular weight is 433 g/mol. The van der Waals surface area contributed by atoms with Crippen molar-refractivity contribution in [2.75, 3.05) is 0 Å². The van der Waals surface area contributed by atoms with Crippen LogP contribution in [0.5, 0.6) is 5.75 Å². The molecule has 1 aromatic heterocycles. The van der Waals surface area contributed by atoms with Gasteiger partial charge in [0.05, 0.1) is 16.6 Å². The molecule has 3 aromatic rings. The number of carbonyl (C=O) groups is 4. The first-order valence-corrected chi connectivity index (χ1v) is 10.3. The molecule has 0 bridgehead atoms. The van der Waals surface area contributed by atoms with Gasteiger partial charge in [0.25, 0.3) is 11.8 Å². The van der Waals surface area contributed by atoms with E-state index in [2.05, 4.69) is 15.6 Å². The lowest BCUT2D eigenvalue weighted by molar-refractivity contribution is -0.136. The quantitative estimate of drug-likeness (QED) is 0.604. The predicted octanol–water partition coefficient (Wildman–Crippen LogP) is 1.43. The summed E-state index contributed by atoms with van der Waals surface area (Å²) in [5.41, 5.74) is 2.79. The Kier molecular flexibility index (Phi) is 4.69. The molecule has 10 nitrogen and oxygen atoms in total. The SMILES string of the molecule is CCn1nnc2cc(COc3cccc4c3C(=O)N(C3CCC(=O)NC3=O)C4=O)ccc21. The number of nitrogens with one attached hydrogen (secondary N) is 1. The Morgan fingerprint density at radius 1 is 1.12 bits per heavy atom. The summed E-state index contributed by atoms with van der Waals surface area (Å²) in [4.78, 5) is 50.6. The molecule has 0 radical (unpaired) electrons. The van der Waals surface area contributed by atoms with Gasteiger partial charge in [0, 0.05) is 13.0 Å². The topological polar surface area (TPSA) is 123 Å². The normalized spacial score (nSPS) is 18.3. The van der Waals surface area contributed by atoms with Crippen LogP contribution in [0.3, 0.4) is 0 Å². The number of benzene rings is 2. The van der Waals surface area contributed by atoms with E-state index in [1.165, 1.54) is 6.07 Å². The average Bonchev–Trinajstić information content (AvgIpc) is 3.31. The van der Waals surface area contributed by atoms with Gasteiger partial charge in [-0.05, 0) is 43.2 Å². The van der Waals surface area contributed by atoms with Crippen LogP contribution < -0.4 is 10.1 Å². The number of hydrogen-bond acceptors (Lipinski definition) is 7. The van der Waals surface area contributed by atoms with Crippen LogP contribution in [0.15, 0.2) is 36.4 Å². The second-order valence-corrected chi connectivity index (χ2v) is 7.64. The van der Waals surface area contributed by atoms with Gasteiger partial charge < -0.3 is 4.74 Å². The number of aromatic nitrogens is 3. The molecule has 1 unspecified atom stereocenters. The molecule has 3 heterocycles. The van der Waals surface area contributed by atoms with Crippen molar-refractivity contribution >= 4 is 34.7 Å². The summed E-state index contributed by atoms with van der Waals surface area (Å²) < 4.78 is 7.70. The smallest absolute Gasteiger partial charge is 0.266 e. The minimum absolute atomic E-state index is 0.0678. The molecule has 0 saturated carbocycles. The third-order valence-corrected chi connectivity index (χ3v) is 5.70. The van der Waals surface area contributed by atoms with Crippen LogP contribution in [-0.4, -0.2) is 49.6 Å². The molecule has 10 heteroatoms. The largest absolute Gasteiger partial charge is 0.488 e. The number of piperidine rings is 1. The highest BCUT2D eigenvalue weighted by Crippen LogP contribution is 2.34. The Labute approximate surface area is 182 Å². The molecule has 32 heavy (non-hydrogen) atoms. The Bertz CT molecular complexity index is 1300. The van der Waals surface area contributed by atoms with Crippen LogP contribution in [0.1, 0.15) is 46.0 Å². The standard InChI is InChI=1S/C22H19N5O5/c1-2-26-15-7-6-12(10-14(15)24-25-26)11-32-17-5-3-4-13-19(17)22(31)27(21(13)30)16-8-9-18(28)23-20(16)29/h3-7,10,16H,2,8-9,11H2,1H3,(H,23,28,29). The summed E-state index contributed by atoms with van der Waals surface area (Å²) in [5.74, 6) is -1.97. The number of fused-ring (bicyclic) bond motifs is 2. The molecule has 0 aliphatic carbocycles. The van der Waals surface area contributed by atoms with Crippen LogP contribution >= 0.6 is 0 Å². The van der Waals surface area contributed by atoms with Gasteiger partial charge >= 0.3 is 0 Å². The first-order valence-electron chi connectivity index (χ1n) is 10.3. The fourth-order valence-electron chi connectivity index (χ4n) is 4.11. The summed E-state index contributed by atoms with van der Waals surface area (Å²) in [5, 5.41) is 10.4. The highest BCUT2D eigenvalue weighted by Gasteiger charge is 2.45. The maximum atomic E-state index is 13.1. The highest BCUT2D eigenvalue weighted by atomic mass is 16.5. The molecule has 1 fully saturated rings. The van der Waals surface area contributed by atoms with Crippen LogP contribution in [0.25, 0.3) is 11.0 Å². The molecule has 2 aromatic carbocycles. The second kappa shape index (κ2) is 7.56. The van der Waals surface area contributed by atoms with Gasteiger partial charge in [-0.25, -0.2) is 4.68 Å². The zero-order chi connectivity index (χ0) is 22.4. The molecule has 4 amide bonds. The van der Waals surface area contributed by atoms with Crippen molar-refractivity contribution in [3.8, 4) is 5.75 Å². The van der Waals surface area contributed by atoms with Crippen molar-refractivity contribution in [2.45, 2.75) is 39.0 Å². The van der Waals surface area contributed by atoms with Crippen LogP contribution in [0, 0.1) is 0 Å². The van der Waals surface area contributed by atoms with E-state index < -0.39 is 29.7 Å². The second-order valence-electron chi connectivity index (χ2n) is 7.64. The number of aryl methyl sites for hydroxylation is 1. The van der Waals surface area contributed by atoms with E-state index in [1.54, 1.807) is 16.8 Å². The van der Waals surface area contributed by atoms with Gasteiger partial charge in [-0.1, -0.05) is 17.3 Å². The van der Waals surface area contributed by atoms with Crippen molar-refractivity contribution in [3.05, 3.63) is 53.1 Å². The zero-order valence-electron chi connectivity index (χ0n) is 17.2.